The van der Waals surface area contributed by atoms with Crippen LogP contribution in [0.3, 0.4) is 0 Å². The van der Waals surface area contributed by atoms with Crippen LogP contribution in [0.4, 0.5) is 4.39 Å². The molecule has 2 nitrogen and oxygen atoms in total. The molecule has 0 N–H and O–H groups in total. The second kappa shape index (κ2) is 4.74. The first-order chi connectivity index (χ1) is 6.63. The first kappa shape index (κ1) is 10.7. The van der Waals surface area contributed by atoms with Crippen LogP contribution in [0.15, 0.2) is 24.3 Å². The number of carbonyl (C=O) groups is 1. The van der Waals surface area contributed by atoms with E-state index in [-0.39, 0.29) is 5.97 Å². The summed E-state index contributed by atoms with van der Waals surface area (Å²) in [5, 5.41) is 0. The summed E-state index contributed by atoms with van der Waals surface area (Å²) in [4.78, 5) is 10.6. The average Bonchev–Trinajstić information content (AvgIpc) is 2.17. The summed E-state index contributed by atoms with van der Waals surface area (Å²) in [7, 11) is 0. The summed E-state index contributed by atoms with van der Waals surface area (Å²) in [6.45, 7) is 3.11. The van der Waals surface area contributed by atoms with Crippen LogP contribution in [0, 0.1) is 0 Å². The lowest BCUT2D eigenvalue weighted by Crippen LogP contribution is -2.01. The van der Waals surface area contributed by atoms with Crippen LogP contribution in [-0.2, 0) is 4.79 Å². The quantitative estimate of drug-likeness (QED) is 0.548. The Bertz CT molecular complexity index is 306. The van der Waals surface area contributed by atoms with Gasteiger partial charge in [0.25, 0.3) is 0 Å². The van der Waals surface area contributed by atoms with Crippen LogP contribution in [0.5, 0.6) is 5.75 Å². The zero-order valence-electron chi connectivity index (χ0n) is 8.29. The molecule has 76 valence electrons. The molecule has 0 aliphatic heterocycles. The first-order valence-electron chi connectivity index (χ1n) is 4.56. The van der Waals surface area contributed by atoms with Crippen molar-refractivity contribution < 1.29 is 13.9 Å². The Balaban J connectivity index is 2.73. The fourth-order valence-corrected chi connectivity index (χ4v) is 1.15. The van der Waals surface area contributed by atoms with E-state index in [0.717, 1.165) is 0 Å². The Kier molecular flexibility index (Phi) is 3.63. The molecule has 0 aromatic heterocycles. The van der Waals surface area contributed by atoms with Crippen molar-refractivity contribution >= 4 is 5.97 Å². The highest BCUT2D eigenvalue weighted by Crippen LogP contribution is 2.22. The van der Waals surface area contributed by atoms with Crippen molar-refractivity contribution in [2.45, 2.75) is 26.4 Å². The standard InChI is InChI=1S/C11H13FO2/c1-3-11(12)9-4-6-10(7-5-9)14-8(2)13/h4-7,11H,3H2,1-2H3. The van der Waals surface area contributed by atoms with Gasteiger partial charge >= 0.3 is 5.97 Å². The average molecular weight is 196 g/mol. The van der Waals surface area contributed by atoms with Gasteiger partial charge in [0, 0.05) is 6.92 Å². The van der Waals surface area contributed by atoms with Gasteiger partial charge in [-0.2, -0.15) is 0 Å². The number of esters is 1. The van der Waals surface area contributed by atoms with Crippen LogP contribution >= 0.6 is 0 Å². The summed E-state index contributed by atoms with van der Waals surface area (Å²) in [6.07, 6.45) is -0.492. The first-order valence-corrected chi connectivity index (χ1v) is 4.56. The highest BCUT2D eigenvalue weighted by molar-refractivity contribution is 5.69. The van der Waals surface area contributed by atoms with E-state index in [4.69, 9.17) is 4.74 Å². The largest absolute Gasteiger partial charge is 0.427 e. The molecule has 0 aliphatic rings. The second-order valence-corrected chi connectivity index (χ2v) is 3.04. The maximum atomic E-state index is 13.2. The molecular formula is C11H13FO2. The van der Waals surface area contributed by atoms with Crippen molar-refractivity contribution in [3.8, 4) is 5.75 Å². The summed E-state index contributed by atoms with van der Waals surface area (Å²) < 4.78 is 18.0. The van der Waals surface area contributed by atoms with E-state index < -0.39 is 6.17 Å². The van der Waals surface area contributed by atoms with E-state index in [1.807, 2.05) is 0 Å². The number of hydrogen-bond donors (Lipinski definition) is 0. The van der Waals surface area contributed by atoms with Gasteiger partial charge in [0.05, 0.1) is 0 Å². The van der Waals surface area contributed by atoms with Crippen LogP contribution in [0.1, 0.15) is 32.0 Å². The minimum Gasteiger partial charge on any atom is -0.427 e. The Morgan fingerprint density at radius 1 is 1.43 bits per heavy atom. The second-order valence-electron chi connectivity index (χ2n) is 3.04. The van der Waals surface area contributed by atoms with Crippen LogP contribution in [-0.4, -0.2) is 5.97 Å². The number of ether oxygens (including phenoxy) is 1. The normalized spacial score (nSPS) is 12.2. The number of rotatable bonds is 3. The Hall–Kier alpha value is -1.38. The molecule has 1 unspecified atom stereocenters. The summed E-state index contributed by atoms with van der Waals surface area (Å²) in [5.74, 6) is 0.0783. The van der Waals surface area contributed by atoms with Gasteiger partial charge in [0.15, 0.2) is 0 Å². The molecule has 14 heavy (non-hydrogen) atoms. The fourth-order valence-electron chi connectivity index (χ4n) is 1.15. The molecule has 0 bridgehead atoms. The lowest BCUT2D eigenvalue weighted by atomic mass is 10.1. The molecule has 0 aliphatic carbocycles. The smallest absolute Gasteiger partial charge is 0.308 e. The monoisotopic (exact) mass is 196 g/mol. The Morgan fingerprint density at radius 3 is 2.43 bits per heavy atom. The third kappa shape index (κ3) is 2.83. The molecule has 0 fully saturated rings. The van der Waals surface area contributed by atoms with Crippen molar-refractivity contribution in [1.82, 2.24) is 0 Å². The lowest BCUT2D eigenvalue weighted by Gasteiger charge is -2.06. The minimum absolute atomic E-state index is 0.370. The van der Waals surface area contributed by atoms with Gasteiger partial charge in [0.2, 0.25) is 0 Å². The lowest BCUT2D eigenvalue weighted by molar-refractivity contribution is -0.131. The molecule has 0 heterocycles. The zero-order valence-corrected chi connectivity index (χ0v) is 8.29. The topological polar surface area (TPSA) is 26.3 Å². The zero-order chi connectivity index (χ0) is 10.6. The van der Waals surface area contributed by atoms with Gasteiger partial charge in [-0.3, -0.25) is 4.79 Å². The number of alkyl halides is 1. The third-order valence-corrected chi connectivity index (χ3v) is 1.86. The van der Waals surface area contributed by atoms with Crippen molar-refractivity contribution in [3.63, 3.8) is 0 Å². The fraction of sp³-hybridized carbons (Fsp3) is 0.364. The van der Waals surface area contributed by atoms with E-state index in [1.165, 1.54) is 6.92 Å². The maximum absolute atomic E-state index is 13.2. The van der Waals surface area contributed by atoms with Gasteiger partial charge in [0.1, 0.15) is 11.9 Å². The molecule has 1 aromatic rings. The predicted octanol–water partition coefficient (Wildman–Crippen LogP) is 3.03. The van der Waals surface area contributed by atoms with Crippen molar-refractivity contribution in [3.05, 3.63) is 29.8 Å². The summed E-state index contributed by atoms with van der Waals surface area (Å²) in [5.41, 5.74) is 0.614. The van der Waals surface area contributed by atoms with Gasteiger partial charge in [-0.1, -0.05) is 19.1 Å². The predicted molar refractivity (Wildman–Crippen MR) is 51.9 cm³/mol. The number of halogens is 1. The summed E-state index contributed by atoms with van der Waals surface area (Å²) in [6, 6.07) is 6.46. The summed E-state index contributed by atoms with van der Waals surface area (Å²) >= 11 is 0. The number of benzene rings is 1. The maximum Gasteiger partial charge on any atom is 0.308 e. The van der Waals surface area contributed by atoms with Crippen molar-refractivity contribution in [1.29, 1.82) is 0 Å². The van der Waals surface area contributed by atoms with Gasteiger partial charge in [-0.15, -0.1) is 0 Å². The van der Waals surface area contributed by atoms with Crippen LogP contribution in [0.25, 0.3) is 0 Å². The molecule has 0 radical (unpaired) electrons. The molecule has 0 saturated heterocycles. The van der Waals surface area contributed by atoms with Gasteiger partial charge in [-0.05, 0) is 24.1 Å². The molecule has 3 heteroatoms. The van der Waals surface area contributed by atoms with E-state index in [0.29, 0.717) is 17.7 Å². The van der Waals surface area contributed by atoms with E-state index >= 15 is 0 Å². The highest BCUT2D eigenvalue weighted by Gasteiger charge is 2.06. The number of hydrogen-bond acceptors (Lipinski definition) is 2. The molecule has 0 saturated carbocycles. The third-order valence-electron chi connectivity index (χ3n) is 1.86. The molecule has 1 rings (SSSR count). The van der Waals surface area contributed by atoms with Gasteiger partial charge < -0.3 is 4.74 Å². The van der Waals surface area contributed by atoms with Crippen molar-refractivity contribution in [2.75, 3.05) is 0 Å². The number of carbonyl (C=O) groups excluding carboxylic acids is 1. The van der Waals surface area contributed by atoms with Crippen LogP contribution < -0.4 is 4.74 Å². The van der Waals surface area contributed by atoms with Crippen LogP contribution in [0.2, 0.25) is 0 Å². The van der Waals surface area contributed by atoms with E-state index in [9.17, 15) is 9.18 Å². The Morgan fingerprint density at radius 2 is 2.00 bits per heavy atom. The molecule has 1 atom stereocenters. The van der Waals surface area contributed by atoms with E-state index in [2.05, 4.69) is 0 Å². The van der Waals surface area contributed by atoms with E-state index in [1.54, 1.807) is 31.2 Å². The van der Waals surface area contributed by atoms with Crippen molar-refractivity contribution in [2.24, 2.45) is 0 Å². The Labute approximate surface area is 82.7 Å². The minimum atomic E-state index is -0.943. The highest BCUT2D eigenvalue weighted by atomic mass is 19.1. The molecule has 0 amide bonds. The molecule has 0 spiro atoms. The van der Waals surface area contributed by atoms with Gasteiger partial charge in [-0.25, -0.2) is 4.39 Å². The molecule has 1 aromatic carbocycles. The SMILES string of the molecule is CCC(F)c1ccc(OC(C)=O)cc1. The molecular weight excluding hydrogens is 183 g/mol.